The molecule has 0 unspecified atom stereocenters. The fourth-order valence-electron chi connectivity index (χ4n) is 2.25. The van der Waals surface area contributed by atoms with Gasteiger partial charge in [0.25, 0.3) is 0 Å². The molecule has 19 heavy (non-hydrogen) atoms. The van der Waals surface area contributed by atoms with Crippen molar-refractivity contribution < 1.29 is 4.79 Å². The maximum atomic E-state index is 11.3. The van der Waals surface area contributed by atoms with Crippen molar-refractivity contribution in [3.8, 4) is 0 Å². The molecule has 1 heterocycles. The number of nitrogens with zero attached hydrogens (tertiary/aromatic N) is 1. The predicted molar refractivity (Wildman–Crippen MR) is 78.0 cm³/mol. The molecular formula is C15H23N3O. The molecule has 2 rings (SSSR count). The highest BCUT2D eigenvalue weighted by Gasteiger charge is 2.18. The lowest BCUT2D eigenvalue weighted by atomic mass is 10.0. The summed E-state index contributed by atoms with van der Waals surface area (Å²) < 4.78 is 0. The summed E-state index contributed by atoms with van der Waals surface area (Å²) in [5, 5.41) is 2.85. The summed E-state index contributed by atoms with van der Waals surface area (Å²) in [5.41, 5.74) is 9.18. The molecule has 3 N–H and O–H groups in total. The van der Waals surface area contributed by atoms with Crippen molar-refractivity contribution in [3.05, 3.63) is 29.3 Å². The smallest absolute Gasteiger partial charge is 0.228 e. The molecule has 0 saturated heterocycles. The van der Waals surface area contributed by atoms with Crippen LogP contribution in [-0.4, -0.2) is 29.9 Å². The Kier molecular flexibility index (Phi) is 3.92. The number of rotatable bonds is 5. The lowest BCUT2D eigenvalue weighted by Gasteiger charge is -2.23. The summed E-state index contributed by atoms with van der Waals surface area (Å²) in [6.07, 6.45) is 1.47. The number of nitrogens with two attached hydrogens (primary N) is 1. The first-order valence-electron chi connectivity index (χ1n) is 6.72. The Balaban J connectivity index is 1.93. The Morgan fingerprint density at radius 3 is 2.84 bits per heavy atom. The van der Waals surface area contributed by atoms with Gasteiger partial charge < -0.3 is 16.0 Å². The Labute approximate surface area is 115 Å². The first-order chi connectivity index (χ1) is 8.83. The zero-order valence-corrected chi connectivity index (χ0v) is 12.0. The number of nitrogens with one attached hydrogen (secondary N) is 1. The van der Waals surface area contributed by atoms with Gasteiger partial charge in [-0.05, 0) is 51.1 Å². The van der Waals surface area contributed by atoms with E-state index in [1.807, 2.05) is 19.9 Å². The molecule has 4 nitrogen and oxygen atoms in total. The minimum absolute atomic E-state index is 0.0883. The molecule has 1 aromatic carbocycles. The van der Waals surface area contributed by atoms with Crippen LogP contribution in [0.3, 0.4) is 0 Å². The second-order valence-electron chi connectivity index (χ2n) is 6.19. The fraction of sp³-hybridized carbons (Fsp3) is 0.533. The molecule has 4 heteroatoms. The molecule has 104 valence electrons. The second kappa shape index (κ2) is 5.31. The molecule has 1 amide bonds. The first kappa shape index (κ1) is 14.0. The summed E-state index contributed by atoms with van der Waals surface area (Å²) in [4.78, 5) is 13.6. The predicted octanol–water partition coefficient (Wildman–Crippen LogP) is 1.74. The van der Waals surface area contributed by atoms with Gasteiger partial charge in [0.05, 0.1) is 6.42 Å². The van der Waals surface area contributed by atoms with Crippen LogP contribution in [0.2, 0.25) is 0 Å². The number of benzene rings is 1. The third-order valence-corrected chi connectivity index (χ3v) is 3.39. The van der Waals surface area contributed by atoms with Crippen LogP contribution in [0.15, 0.2) is 18.2 Å². The van der Waals surface area contributed by atoms with Crippen molar-refractivity contribution in [2.24, 2.45) is 5.73 Å². The summed E-state index contributed by atoms with van der Waals surface area (Å²) in [7, 11) is 2.10. The van der Waals surface area contributed by atoms with Crippen LogP contribution in [-0.2, 0) is 17.8 Å². The highest BCUT2D eigenvalue weighted by Crippen LogP contribution is 2.24. The molecule has 0 spiro atoms. The Morgan fingerprint density at radius 1 is 1.42 bits per heavy atom. The van der Waals surface area contributed by atoms with Crippen LogP contribution in [0.1, 0.15) is 31.4 Å². The van der Waals surface area contributed by atoms with Gasteiger partial charge in [-0.25, -0.2) is 0 Å². The zero-order chi connectivity index (χ0) is 14.0. The Hall–Kier alpha value is -1.39. The number of carbonyl (C=O) groups excluding carboxylic acids is 1. The summed E-state index contributed by atoms with van der Waals surface area (Å²) in [5.74, 6) is 0.0883. The molecule has 1 aliphatic rings. The van der Waals surface area contributed by atoms with Crippen LogP contribution in [0.5, 0.6) is 0 Å². The molecule has 0 radical (unpaired) electrons. The van der Waals surface area contributed by atoms with Crippen molar-refractivity contribution in [3.63, 3.8) is 0 Å². The first-order valence-corrected chi connectivity index (χ1v) is 6.72. The van der Waals surface area contributed by atoms with Gasteiger partial charge in [0.2, 0.25) is 5.91 Å². The van der Waals surface area contributed by atoms with E-state index in [0.29, 0.717) is 6.42 Å². The minimum atomic E-state index is -0.122. The molecule has 1 aliphatic heterocycles. The normalized spacial score (nSPS) is 14.7. The second-order valence-corrected chi connectivity index (χ2v) is 6.19. The van der Waals surface area contributed by atoms with E-state index in [4.69, 9.17) is 5.73 Å². The SMILES string of the molecule is CN(CCC(C)(C)N)Cc1ccc2c(c1)CC(=O)N2. The van der Waals surface area contributed by atoms with Crippen LogP contribution in [0.25, 0.3) is 0 Å². The third-order valence-electron chi connectivity index (χ3n) is 3.39. The van der Waals surface area contributed by atoms with E-state index in [0.717, 1.165) is 30.8 Å². The van der Waals surface area contributed by atoms with Crippen molar-refractivity contribution in [1.29, 1.82) is 0 Å². The van der Waals surface area contributed by atoms with E-state index >= 15 is 0 Å². The van der Waals surface area contributed by atoms with Crippen LogP contribution >= 0.6 is 0 Å². The molecule has 0 bridgehead atoms. The number of hydrogen-bond donors (Lipinski definition) is 2. The Bertz CT molecular complexity index is 477. The van der Waals surface area contributed by atoms with Gasteiger partial charge in [0.15, 0.2) is 0 Å². The van der Waals surface area contributed by atoms with E-state index in [1.165, 1.54) is 5.56 Å². The van der Waals surface area contributed by atoms with Gasteiger partial charge in [0.1, 0.15) is 0 Å². The van der Waals surface area contributed by atoms with Crippen molar-refractivity contribution in [1.82, 2.24) is 4.90 Å². The molecule has 1 aromatic rings. The highest BCUT2D eigenvalue weighted by atomic mass is 16.1. The van der Waals surface area contributed by atoms with E-state index in [1.54, 1.807) is 0 Å². The van der Waals surface area contributed by atoms with Gasteiger partial charge in [-0.1, -0.05) is 12.1 Å². The van der Waals surface area contributed by atoms with Gasteiger partial charge in [0, 0.05) is 17.8 Å². The van der Waals surface area contributed by atoms with Crippen LogP contribution in [0.4, 0.5) is 5.69 Å². The molecular weight excluding hydrogens is 238 g/mol. The summed E-state index contributed by atoms with van der Waals surface area (Å²) in [6, 6.07) is 6.20. The number of carbonyl (C=O) groups is 1. The fourth-order valence-corrected chi connectivity index (χ4v) is 2.25. The quantitative estimate of drug-likeness (QED) is 0.849. The average molecular weight is 261 g/mol. The Morgan fingerprint density at radius 2 is 2.16 bits per heavy atom. The summed E-state index contributed by atoms with van der Waals surface area (Å²) >= 11 is 0. The van der Waals surface area contributed by atoms with E-state index < -0.39 is 0 Å². The standard InChI is InChI=1S/C15H23N3O/c1-15(2,16)6-7-18(3)10-11-4-5-13-12(8-11)9-14(19)17-13/h4-5,8H,6-7,9-10,16H2,1-3H3,(H,17,19). The van der Waals surface area contributed by atoms with Gasteiger partial charge in [-0.2, -0.15) is 0 Å². The third kappa shape index (κ3) is 4.04. The number of fused-ring (bicyclic) bond motifs is 1. The van der Waals surface area contributed by atoms with Crippen LogP contribution < -0.4 is 11.1 Å². The topological polar surface area (TPSA) is 58.4 Å². The highest BCUT2D eigenvalue weighted by molar-refractivity contribution is 5.99. The van der Waals surface area contributed by atoms with Gasteiger partial charge in [-0.15, -0.1) is 0 Å². The average Bonchev–Trinajstić information content (AvgIpc) is 2.65. The molecule has 0 fully saturated rings. The molecule has 0 aliphatic carbocycles. The van der Waals surface area contributed by atoms with E-state index in [-0.39, 0.29) is 11.4 Å². The largest absolute Gasteiger partial charge is 0.326 e. The maximum absolute atomic E-state index is 11.3. The molecule has 0 aromatic heterocycles. The number of anilines is 1. The van der Waals surface area contributed by atoms with E-state index in [9.17, 15) is 4.79 Å². The lowest BCUT2D eigenvalue weighted by Crippen LogP contribution is -2.36. The number of hydrogen-bond acceptors (Lipinski definition) is 3. The van der Waals surface area contributed by atoms with Crippen molar-refractivity contribution in [2.75, 3.05) is 18.9 Å². The maximum Gasteiger partial charge on any atom is 0.228 e. The van der Waals surface area contributed by atoms with Crippen molar-refractivity contribution in [2.45, 2.75) is 38.8 Å². The van der Waals surface area contributed by atoms with Gasteiger partial charge in [-0.3, -0.25) is 4.79 Å². The summed E-state index contributed by atoms with van der Waals surface area (Å²) in [6.45, 7) is 5.95. The van der Waals surface area contributed by atoms with Crippen molar-refractivity contribution >= 4 is 11.6 Å². The zero-order valence-electron chi connectivity index (χ0n) is 12.0. The van der Waals surface area contributed by atoms with Gasteiger partial charge >= 0.3 is 0 Å². The lowest BCUT2D eigenvalue weighted by molar-refractivity contribution is -0.115. The molecule has 0 saturated carbocycles. The van der Waals surface area contributed by atoms with Crippen LogP contribution in [0, 0.1) is 0 Å². The van der Waals surface area contributed by atoms with E-state index in [2.05, 4.69) is 29.4 Å². The number of amides is 1. The molecule has 0 atom stereocenters. The monoisotopic (exact) mass is 261 g/mol. The minimum Gasteiger partial charge on any atom is -0.326 e.